The van der Waals surface area contributed by atoms with Gasteiger partial charge in [0, 0.05) is 12.6 Å². The lowest BCUT2D eigenvalue weighted by atomic mass is 10.1. The number of likely N-dealkylation sites (N-methyl/N-ethyl adjacent to an activating group) is 1. The number of alkyl halides is 3. The molecule has 0 aliphatic heterocycles. The van der Waals surface area contributed by atoms with Gasteiger partial charge in [-0.15, -0.1) is 0 Å². The number of aryl methyl sites for hydroxylation is 1. The van der Waals surface area contributed by atoms with Gasteiger partial charge in [0.25, 0.3) is 0 Å². The maximum Gasteiger partial charge on any atom is 0.416 e. The minimum Gasteiger partial charge on any atom is -0.353 e. The van der Waals surface area contributed by atoms with Gasteiger partial charge >= 0.3 is 6.18 Å². The Labute approximate surface area is 158 Å². The van der Waals surface area contributed by atoms with Crippen LogP contribution in [0.15, 0.2) is 54.6 Å². The number of hydrogen-bond donors (Lipinski definition) is 1. The molecule has 2 aromatic carbocycles. The van der Waals surface area contributed by atoms with Crippen LogP contribution in [-0.2, 0) is 23.9 Å². The highest BCUT2D eigenvalue weighted by atomic mass is 19.4. The van der Waals surface area contributed by atoms with Crippen molar-refractivity contribution < 1.29 is 18.0 Å². The van der Waals surface area contributed by atoms with Crippen LogP contribution in [0.3, 0.4) is 0 Å². The van der Waals surface area contributed by atoms with Crippen molar-refractivity contribution in [3.8, 4) is 0 Å². The molecule has 0 unspecified atom stereocenters. The van der Waals surface area contributed by atoms with E-state index < -0.39 is 11.7 Å². The fourth-order valence-corrected chi connectivity index (χ4v) is 2.83. The number of nitrogens with one attached hydrogen (secondary N) is 1. The molecule has 0 heterocycles. The summed E-state index contributed by atoms with van der Waals surface area (Å²) >= 11 is 0. The van der Waals surface area contributed by atoms with Crippen LogP contribution >= 0.6 is 0 Å². The molecule has 1 N–H and O–H groups in total. The molecule has 0 bridgehead atoms. The first-order valence-electron chi connectivity index (χ1n) is 8.92. The molecule has 2 aromatic rings. The van der Waals surface area contributed by atoms with Crippen molar-refractivity contribution in [2.75, 3.05) is 13.6 Å². The van der Waals surface area contributed by atoms with E-state index in [0.717, 1.165) is 30.5 Å². The highest BCUT2D eigenvalue weighted by Gasteiger charge is 2.29. The second-order valence-corrected chi connectivity index (χ2v) is 6.86. The molecule has 2 rings (SSSR count). The fraction of sp³-hybridized carbons (Fsp3) is 0.381. The van der Waals surface area contributed by atoms with Crippen LogP contribution in [0.1, 0.15) is 30.0 Å². The van der Waals surface area contributed by atoms with Crippen LogP contribution < -0.4 is 5.32 Å². The normalized spacial score (nSPS) is 12.8. The number of halogens is 3. The smallest absolute Gasteiger partial charge is 0.353 e. The molecular weight excluding hydrogens is 353 g/mol. The van der Waals surface area contributed by atoms with Gasteiger partial charge in [0.05, 0.1) is 12.1 Å². The predicted octanol–water partition coefficient (Wildman–Crippen LogP) is 4.27. The van der Waals surface area contributed by atoms with Crippen LogP contribution in [0.25, 0.3) is 0 Å². The molecule has 27 heavy (non-hydrogen) atoms. The Morgan fingerprint density at radius 1 is 1.04 bits per heavy atom. The van der Waals surface area contributed by atoms with E-state index in [1.54, 1.807) is 11.9 Å². The van der Waals surface area contributed by atoms with Gasteiger partial charge in [0.15, 0.2) is 0 Å². The summed E-state index contributed by atoms with van der Waals surface area (Å²) in [4.78, 5) is 13.9. The van der Waals surface area contributed by atoms with Crippen LogP contribution in [-0.4, -0.2) is 30.4 Å². The molecule has 0 aliphatic rings. The molecule has 0 fully saturated rings. The van der Waals surface area contributed by atoms with E-state index in [2.05, 4.69) is 17.4 Å². The van der Waals surface area contributed by atoms with Crippen LogP contribution in [0, 0.1) is 0 Å². The number of amides is 1. The van der Waals surface area contributed by atoms with Gasteiger partial charge in [-0.3, -0.25) is 9.69 Å². The van der Waals surface area contributed by atoms with Crippen molar-refractivity contribution in [1.29, 1.82) is 0 Å². The molecule has 3 nitrogen and oxygen atoms in total. The lowest BCUT2D eigenvalue weighted by Crippen LogP contribution is -2.39. The number of carbonyl (C=O) groups is 1. The third kappa shape index (κ3) is 7.43. The Morgan fingerprint density at radius 3 is 2.26 bits per heavy atom. The topological polar surface area (TPSA) is 32.3 Å². The van der Waals surface area contributed by atoms with Crippen molar-refractivity contribution >= 4 is 5.91 Å². The van der Waals surface area contributed by atoms with E-state index in [9.17, 15) is 18.0 Å². The molecule has 0 radical (unpaired) electrons. The third-order valence-electron chi connectivity index (χ3n) is 4.26. The van der Waals surface area contributed by atoms with Gasteiger partial charge in [0.2, 0.25) is 5.91 Å². The monoisotopic (exact) mass is 378 g/mol. The molecule has 6 heteroatoms. The Kier molecular flexibility index (Phi) is 7.42. The Balaban J connectivity index is 1.74. The summed E-state index contributed by atoms with van der Waals surface area (Å²) in [5.41, 5.74) is 1.30. The predicted molar refractivity (Wildman–Crippen MR) is 100 cm³/mol. The summed E-state index contributed by atoms with van der Waals surface area (Å²) in [5, 5.41) is 2.97. The van der Waals surface area contributed by atoms with Crippen LogP contribution in [0.5, 0.6) is 0 Å². The van der Waals surface area contributed by atoms with E-state index in [1.807, 2.05) is 25.1 Å². The zero-order valence-corrected chi connectivity index (χ0v) is 15.6. The summed E-state index contributed by atoms with van der Waals surface area (Å²) in [7, 11) is 1.77. The van der Waals surface area contributed by atoms with Crippen LogP contribution in [0.2, 0.25) is 0 Å². The largest absolute Gasteiger partial charge is 0.416 e. The van der Waals surface area contributed by atoms with E-state index in [4.69, 9.17) is 0 Å². The number of hydrogen-bond acceptors (Lipinski definition) is 2. The lowest BCUT2D eigenvalue weighted by molar-refractivity contribution is -0.137. The summed E-state index contributed by atoms with van der Waals surface area (Å²) in [6.45, 7) is 2.57. The Hall–Kier alpha value is -2.34. The molecular formula is C21H25F3N2O. The summed E-state index contributed by atoms with van der Waals surface area (Å²) in [5.74, 6) is -0.0926. The number of rotatable bonds is 8. The maximum absolute atomic E-state index is 12.6. The number of carbonyl (C=O) groups excluding carboxylic acids is 1. The minimum absolute atomic E-state index is 0.0529. The van der Waals surface area contributed by atoms with E-state index in [1.165, 1.54) is 17.7 Å². The number of benzene rings is 2. The van der Waals surface area contributed by atoms with Crippen LogP contribution in [0.4, 0.5) is 13.2 Å². The second kappa shape index (κ2) is 9.55. The molecule has 146 valence electrons. The molecule has 1 amide bonds. The van der Waals surface area contributed by atoms with Gasteiger partial charge in [-0.1, -0.05) is 42.5 Å². The second-order valence-electron chi connectivity index (χ2n) is 6.86. The van der Waals surface area contributed by atoms with E-state index >= 15 is 0 Å². The van der Waals surface area contributed by atoms with Crippen molar-refractivity contribution in [3.05, 3.63) is 71.3 Å². The first-order valence-corrected chi connectivity index (χ1v) is 8.92. The fourth-order valence-electron chi connectivity index (χ4n) is 2.83. The van der Waals surface area contributed by atoms with Gasteiger partial charge in [-0.05, 0) is 50.1 Å². The van der Waals surface area contributed by atoms with Gasteiger partial charge in [-0.25, -0.2) is 0 Å². The average molecular weight is 378 g/mol. The van der Waals surface area contributed by atoms with Gasteiger partial charge in [0.1, 0.15) is 0 Å². The van der Waals surface area contributed by atoms with Crippen molar-refractivity contribution in [3.63, 3.8) is 0 Å². The minimum atomic E-state index is -4.33. The summed E-state index contributed by atoms with van der Waals surface area (Å²) < 4.78 is 37.8. The molecule has 1 atom stereocenters. The zero-order valence-electron chi connectivity index (χ0n) is 15.6. The van der Waals surface area contributed by atoms with Crippen molar-refractivity contribution in [2.45, 2.75) is 38.5 Å². The molecule has 0 aliphatic carbocycles. The maximum atomic E-state index is 12.6. The SMILES string of the molecule is C[C@H](CCc1ccccc1)NC(=O)CN(C)Cc1ccc(C(F)(F)F)cc1. The standard InChI is InChI=1S/C21H25F3N2O/c1-16(8-9-17-6-4-3-5-7-17)25-20(27)15-26(2)14-18-10-12-19(13-11-18)21(22,23)24/h3-7,10-13,16H,8-9,14-15H2,1-2H3,(H,25,27)/t16-/m1/s1. The van der Waals surface area contributed by atoms with Gasteiger partial charge in [-0.2, -0.15) is 13.2 Å². The Morgan fingerprint density at radius 2 is 1.67 bits per heavy atom. The quantitative estimate of drug-likeness (QED) is 0.744. The van der Waals surface area contributed by atoms with Crippen molar-refractivity contribution in [2.24, 2.45) is 0 Å². The molecule has 0 saturated carbocycles. The first kappa shape index (κ1) is 21.0. The van der Waals surface area contributed by atoms with Crippen molar-refractivity contribution in [1.82, 2.24) is 10.2 Å². The first-order chi connectivity index (χ1) is 12.7. The zero-order chi connectivity index (χ0) is 19.9. The van der Waals surface area contributed by atoms with E-state index in [-0.39, 0.29) is 18.5 Å². The highest BCUT2D eigenvalue weighted by molar-refractivity contribution is 5.78. The molecule has 0 spiro atoms. The lowest BCUT2D eigenvalue weighted by Gasteiger charge is -2.19. The van der Waals surface area contributed by atoms with E-state index in [0.29, 0.717) is 6.54 Å². The number of nitrogens with zero attached hydrogens (tertiary/aromatic N) is 1. The average Bonchev–Trinajstić information content (AvgIpc) is 2.60. The summed E-state index contributed by atoms with van der Waals surface area (Å²) in [6, 6.07) is 15.2. The molecule has 0 saturated heterocycles. The summed E-state index contributed by atoms with van der Waals surface area (Å²) in [6.07, 6.45) is -2.59. The Bertz CT molecular complexity index is 714. The highest BCUT2D eigenvalue weighted by Crippen LogP contribution is 2.29. The third-order valence-corrected chi connectivity index (χ3v) is 4.26. The van der Waals surface area contributed by atoms with Gasteiger partial charge < -0.3 is 5.32 Å². The molecule has 0 aromatic heterocycles.